The molecule has 0 amide bonds. The van der Waals surface area contributed by atoms with Crippen LogP contribution in [0.4, 0.5) is 11.5 Å². The Bertz CT molecular complexity index is 1130. The van der Waals surface area contributed by atoms with Crippen molar-refractivity contribution in [3.05, 3.63) is 66.4 Å². The van der Waals surface area contributed by atoms with E-state index in [9.17, 15) is 10.2 Å². The summed E-state index contributed by atoms with van der Waals surface area (Å²) >= 11 is 0. The Morgan fingerprint density at radius 1 is 1.09 bits per heavy atom. The van der Waals surface area contributed by atoms with Crippen LogP contribution in [0, 0.1) is 0 Å². The van der Waals surface area contributed by atoms with Crippen molar-refractivity contribution in [1.29, 1.82) is 0 Å². The van der Waals surface area contributed by atoms with Crippen LogP contribution < -0.4 is 10.2 Å². The third-order valence-corrected chi connectivity index (χ3v) is 6.03. The number of aliphatic hydroxyl groups is 2. The van der Waals surface area contributed by atoms with Crippen LogP contribution in [0.1, 0.15) is 25.6 Å². The summed E-state index contributed by atoms with van der Waals surface area (Å²) in [4.78, 5) is 4.70. The number of ether oxygens (including phenoxy) is 2. The summed E-state index contributed by atoms with van der Waals surface area (Å²) in [6.07, 6.45) is 0.535. The number of hydrazine groups is 1. The van der Waals surface area contributed by atoms with Gasteiger partial charge in [0.1, 0.15) is 30.1 Å². The van der Waals surface area contributed by atoms with E-state index in [2.05, 4.69) is 5.43 Å². The summed E-state index contributed by atoms with van der Waals surface area (Å²) < 4.78 is 13.2. The van der Waals surface area contributed by atoms with Crippen LogP contribution in [-0.2, 0) is 11.3 Å². The van der Waals surface area contributed by atoms with Crippen LogP contribution in [0.2, 0.25) is 0 Å². The SMILES string of the molecule is CCOc1ccc(NN2C=Nc3c(c(-c4ccccc4)cn3[C@@H]3O[C@H](C)[C@@H](O)[C@H]3O)C2)cc1. The number of nitrogens with one attached hydrogen (secondary N) is 1. The van der Waals surface area contributed by atoms with Crippen molar-refractivity contribution in [1.82, 2.24) is 9.58 Å². The standard InChI is InChI=1S/C25H28N4O4/c1-3-32-19-11-9-18(10-12-19)27-28-13-21-20(17-7-5-4-6-8-17)14-29(24(21)26-15-28)25-23(31)22(30)16(2)33-25/h4-12,14-16,22-23,25,27,30-31H,3,13H2,1-2H3/t16-,22-,23-,25-/m1/s1. The van der Waals surface area contributed by atoms with E-state index < -0.39 is 24.5 Å². The summed E-state index contributed by atoms with van der Waals surface area (Å²) in [5.74, 6) is 1.54. The van der Waals surface area contributed by atoms with Crippen LogP contribution in [0.25, 0.3) is 11.1 Å². The lowest BCUT2D eigenvalue weighted by Gasteiger charge is -2.26. The Labute approximate surface area is 192 Å². The fourth-order valence-electron chi connectivity index (χ4n) is 4.33. The minimum absolute atomic E-state index is 0.464. The topological polar surface area (TPSA) is 91.5 Å². The lowest BCUT2D eigenvalue weighted by atomic mass is 10.0. The minimum atomic E-state index is -1.03. The molecular weight excluding hydrogens is 420 g/mol. The summed E-state index contributed by atoms with van der Waals surface area (Å²) in [6.45, 7) is 4.90. The van der Waals surface area contributed by atoms with Gasteiger partial charge < -0.3 is 24.3 Å². The van der Waals surface area contributed by atoms with Gasteiger partial charge in [-0.3, -0.25) is 10.4 Å². The molecule has 0 aliphatic carbocycles. The van der Waals surface area contributed by atoms with Gasteiger partial charge in [-0.2, -0.15) is 0 Å². The van der Waals surface area contributed by atoms with Crippen molar-refractivity contribution in [3.63, 3.8) is 0 Å². The molecule has 2 aromatic carbocycles. The third-order valence-electron chi connectivity index (χ3n) is 6.03. The summed E-state index contributed by atoms with van der Waals surface area (Å²) in [5.41, 5.74) is 7.35. The van der Waals surface area contributed by atoms with Crippen molar-refractivity contribution >= 4 is 17.8 Å². The maximum atomic E-state index is 10.6. The highest BCUT2D eigenvalue weighted by atomic mass is 16.6. The maximum Gasteiger partial charge on any atom is 0.164 e. The van der Waals surface area contributed by atoms with Crippen molar-refractivity contribution < 1.29 is 19.7 Å². The molecule has 0 bridgehead atoms. The van der Waals surface area contributed by atoms with Gasteiger partial charge in [0.2, 0.25) is 0 Å². The van der Waals surface area contributed by atoms with Crippen molar-refractivity contribution in [2.45, 2.75) is 44.9 Å². The average Bonchev–Trinajstić information content (AvgIpc) is 3.33. The van der Waals surface area contributed by atoms with E-state index in [1.165, 1.54) is 0 Å². The molecule has 0 unspecified atom stereocenters. The molecule has 3 N–H and O–H groups in total. The van der Waals surface area contributed by atoms with Gasteiger partial charge in [-0.25, -0.2) is 4.99 Å². The van der Waals surface area contributed by atoms with E-state index in [0.29, 0.717) is 19.0 Å². The van der Waals surface area contributed by atoms with Crippen molar-refractivity contribution in [3.8, 4) is 16.9 Å². The maximum absolute atomic E-state index is 10.6. The number of anilines is 1. The highest BCUT2D eigenvalue weighted by molar-refractivity contribution is 5.77. The van der Waals surface area contributed by atoms with Gasteiger partial charge in [0, 0.05) is 17.3 Å². The monoisotopic (exact) mass is 448 g/mol. The van der Waals surface area contributed by atoms with Gasteiger partial charge in [0.25, 0.3) is 0 Å². The summed E-state index contributed by atoms with van der Waals surface area (Å²) in [5, 5.41) is 22.7. The van der Waals surface area contributed by atoms with Crippen LogP contribution in [0.5, 0.6) is 5.75 Å². The normalized spacial score (nSPS) is 24.1. The van der Waals surface area contributed by atoms with Crippen molar-refractivity contribution in [2.75, 3.05) is 12.0 Å². The lowest BCUT2D eigenvalue weighted by molar-refractivity contribution is -0.0308. The van der Waals surface area contributed by atoms with Gasteiger partial charge in [-0.05, 0) is 43.7 Å². The molecule has 3 heterocycles. The number of benzene rings is 2. The first-order chi connectivity index (χ1) is 16.0. The second-order valence-electron chi connectivity index (χ2n) is 8.27. The van der Waals surface area contributed by atoms with Gasteiger partial charge in [-0.1, -0.05) is 30.3 Å². The summed E-state index contributed by atoms with van der Waals surface area (Å²) in [6, 6.07) is 17.8. The predicted molar refractivity (Wildman–Crippen MR) is 126 cm³/mol. The first-order valence-electron chi connectivity index (χ1n) is 11.2. The fraction of sp³-hybridized carbons (Fsp3) is 0.320. The van der Waals surface area contributed by atoms with E-state index in [0.717, 1.165) is 28.1 Å². The number of nitrogens with zero attached hydrogens (tertiary/aromatic N) is 3. The minimum Gasteiger partial charge on any atom is -0.494 e. The van der Waals surface area contributed by atoms with Crippen LogP contribution in [-0.4, -0.2) is 51.0 Å². The molecule has 1 fully saturated rings. The zero-order chi connectivity index (χ0) is 22.9. The van der Waals surface area contributed by atoms with E-state index in [1.54, 1.807) is 13.3 Å². The zero-order valence-electron chi connectivity index (χ0n) is 18.6. The van der Waals surface area contributed by atoms with Crippen LogP contribution >= 0.6 is 0 Å². The second-order valence-corrected chi connectivity index (χ2v) is 8.27. The molecule has 8 heteroatoms. The molecule has 3 aromatic rings. The number of aliphatic imine (C=N–C) groups is 1. The van der Waals surface area contributed by atoms with E-state index >= 15 is 0 Å². The Morgan fingerprint density at radius 3 is 2.52 bits per heavy atom. The highest BCUT2D eigenvalue weighted by Crippen LogP contribution is 2.41. The molecule has 0 spiro atoms. The molecule has 1 saturated heterocycles. The Hall–Kier alpha value is -3.33. The van der Waals surface area contributed by atoms with E-state index in [4.69, 9.17) is 14.5 Å². The smallest absolute Gasteiger partial charge is 0.164 e. The first kappa shape index (κ1) is 21.5. The molecule has 2 aliphatic rings. The van der Waals surface area contributed by atoms with Gasteiger partial charge in [0.05, 0.1) is 24.9 Å². The van der Waals surface area contributed by atoms with E-state index in [-0.39, 0.29) is 0 Å². The quantitative estimate of drug-likeness (QED) is 0.533. The summed E-state index contributed by atoms with van der Waals surface area (Å²) in [7, 11) is 0. The highest BCUT2D eigenvalue weighted by Gasteiger charge is 2.42. The molecule has 1 aromatic heterocycles. The molecule has 172 valence electrons. The van der Waals surface area contributed by atoms with Crippen LogP contribution in [0.3, 0.4) is 0 Å². The molecule has 33 heavy (non-hydrogen) atoms. The molecule has 8 nitrogen and oxygen atoms in total. The predicted octanol–water partition coefficient (Wildman–Crippen LogP) is 3.70. The van der Waals surface area contributed by atoms with E-state index in [1.807, 2.05) is 77.3 Å². The van der Waals surface area contributed by atoms with Gasteiger partial charge >= 0.3 is 0 Å². The van der Waals surface area contributed by atoms with Crippen LogP contribution in [0.15, 0.2) is 65.8 Å². The molecule has 0 radical (unpaired) electrons. The molecule has 0 saturated carbocycles. The molecule has 2 aliphatic heterocycles. The molecule has 5 rings (SSSR count). The van der Waals surface area contributed by atoms with Crippen molar-refractivity contribution in [2.24, 2.45) is 4.99 Å². The number of hydrogen-bond acceptors (Lipinski definition) is 7. The lowest BCUT2D eigenvalue weighted by Crippen LogP contribution is -2.31. The largest absolute Gasteiger partial charge is 0.494 e. The van der Waals surface area contributed by atoms with Gasteiger partial charge in [0.15, 0.2) is 6.23 Å². The third kappa shape index (κ3) is 4.08. The Kier molecular flexibility index (Phi) is 5.80. The molecule has 4 atom stereocenters. The average molecular weight is 449 g/mol. The number of aromatic nitrogens is 1. The fourth-order valence-corrected chi connectivity index (χ4v) is 4.33. The Balaban J connectivity index is 1.46. The molecular formula is C25H28N4O4. The number of aliphatic hydroxyl groups excluding tert-OH is 2. The number of hydrogen-bond donors (Lipinski definition) is 3. The number of fused-ring (bicyclic) bond motifs is 1. The Morgan fingerprint density at radius 2 is 1.85 bits per heavy atom. The first-order valence-corrected chi connectivity index (χ1v) is 11.2. The number of rotatable bonds is 6. The van der Waals surface area contributed by atoms with Gasteiger partial charge in [-0.15, -0.1) is 0 Å². The zero-order valence-corrected chi connectivity index (χ0v) is 18.6. The second kappa shape index (κ2) is 8.90.